The molecule has 2 unspecified atom stereocenters. The number of piperidine rings is 1. The van der Waals surface area contributed by atoms with Crippen LogP contribution < -0.4 is 5.32 Å². The normalized spacial score (nSPS) is 31.8. The highest BCUT2D eigenvalue weighted by atomic mass is 15.1. The summed E-state index contributed by atoms with van der Waals surface area (Å²) in [6, 6.07) is 0.719. The van der Waals surface area contributed by atoms with E-state index in [4.69, 9.17) is 0 Å². The van der Waals surface area contributed by atoms with Gasteiger partial charge in [-0.25, -0.2) is 0 Å². The summed E-state index contributed by atoms with van der Waals surface area (Å²) < 4.78 is 0. The van der Waals surface area contributed by atoms with Gasteiger partial charge in [-0.2, -0.15) is 0 Å². The molecule has 2 fully saturated rings. The summed E-state index contributed by atoms with van der Waals surface area (Å²) in [5.74, 6) is 2.02. The van der Waals surface area contributed by atoms with Gasteiger partial charge in [-0.15, -0.1) is 0 Å². The molecule has 1 heterocycles. The first-order valence-corrected chi connectivity index (χ1v) is 7.34. The maximum atomic E-state index is 3.77. The largest absolute Gasteiger partial charge is 0.312 e. The highest BCUT2D eigenvalue weighted by molar-refractivity contribution is 4.86. The van der Waals surface area contributed by atoms with Gasteiger partial charge in [0.2, 0.25) is 0 Å². The second-order valence-electron chi connectivity index (χ2n) is 7.64. The third kappa shape index (κ3) is 4.97. The van der Waals surface area contributed by atoms with Gasteiger partial charge in [0.15, 0.2) is 0 Å². The molecule has 2 heteroatoms. The Labute approximate surface area is 107 Å². The minimum atomic E-state index is 0.405. The van der Waals surface area contributed by atoms with Crippen molar-refractivity contribution in [3.05, 3.63) is 0 Å². The number of nitrogens with zero attached hydrogens (tertiary/aromatic N) is 1. The van der Waals surface area contributed by atoms with Gasteiger partial charge in [0.1, 0.15) is 0 Å². The van der Waals surface area contributed by atoms with Crippen molar-refractivity contribution < 1.29 is 0 Å². The number of likely N-dealkylation sites (tertiary alicyclic amines) is 1. The van der Waals surface area contributed by atoms with Crippen LogP contribution in [0.2, 0.25) is 0 Å². The van der Waals surface area contributed by atoms with Gasteiger partial charge in [0.25, 0.3) is 0 Å². The first-order chi connectivity index (χ1) is 7.92. The molecule has 2 nitrogen and oxygen atoms in total. The molecule has 17 heavy (non-hydrogen) atoms. The maximum absolute atomic E-state index is 3.77. The van der Waals surface area contributed by atoms with E-state index in [1.165, 1.54) is 38.8 Å². The topological polar surface area (TPSA) is 15.3 Å². The Morgan fingerprint density at radius 3 is 2.41 bits per heavy atom. The average molecular weight is 238 g/mol. The fraction of sp³-hybridized carbons (Fsp3) is 1.00. The molecule has 0 radical (unpaired) electrons. The first kappa shape index (κ1) is 13.4. The number of likely N-dealkylation sites (N-methyl/N-ethyl adjacent to an activating group) is 1. The second-order valence-corrected chi connectivity index (χ2v) is 7.64. The van der Waals surface area contributed by atoms with Gasteiger partial charge in [0, 0.05) is 25.7 Å². The first-order valence-electron chi connectivity index (χ1n) is 7.34. The average Bonchev–Trinajstić information content (AvgIpc) is 2.97. The molecule has 0 amide bonds. The number of hydrogen-bond acceptors (Lipinski definition) is 2. The van der Waals surface area contributed by atoms with E-state index in [9.17, 15) is 0 Å². The fourth-order valence-corrected chi connectivity index (χ4v) is 3.04. The SMILES string of the molecule is CN1CC(CC2CC2)CC(NCC(C)(C)C)C1. The van der Waals surface area contributed by atoms with Gasteiger partial charge in [-0.1, -0.05) is 33.6 Å². The van der Waals surface area contributed by atoms with E-state index in [0.29, 0.717) is 5.41 Å². The summed E-state index contributed by atoms with van der Waals surface area (Å²) in [5, 5.41) is 3.77. The van der Waals surface area contributed by atoms with Crippen LogP contribution in [0.5, 0.6) is 0 Å². The van der Waals surface area contributed by atoms with Gasteiger partial charge in [0.05, 0.1) is 0 Å². The summed E-state index contributed by atoms with van der Waals surface area (Å²) in [5.41, 5.74) is 0.405. The number of nitrogens with one attached hydrogen (secondary N) is 1. The van der Waals surface area contributed by atoms with E-state index in [2.05, 4.69) is 38.0 Å². The molecular weight excluding hydrogens is 208 g/mol. The smallest absolute Gasteiger partial charge is 0.0198 e. The van der Waals surface area contributed by atoms with Crippen LogP contribution in [0.4, 0.5) is 0 Å². The Morgan fingerprint density at radius 2 is 1.82 bits per heavy atom. The highest BCUT2D eigenvalue weighted by Gasteiger charge is 2.31. The summed E-state index contributed by atoms with van der Waals surface area (Å²) >= 11 is 0. The van der Waals surface area contributed by atoms with Crippen molar-refractivity contribution in [3.8, 4) is 0 Å². The molecule has 1 saturated heterocycles. The molecule has 1 aliphatic carbocycles. The van der Waals surface area contributed by atoms with E-state index in [0.717, 1.165) is 24.4 Å². The van der Waals surface area contributed by atoms with Crippen LogP contribution in [0.25, 0.3) is 0 Å². The minimum Gasteiger partial charge on any atom is -0.312 e. The molecule has 0 aromatic heterocycles. The molecule has 1 saturated carbocycles. The molecule has 100 valence electrons. The van der Waals surface area contributed by atoms with Crippen molar-refractivity contribution in [1.29, 1.82) is 0 Å². The van der Waals surface area contributed by atoms with E-state index in [-0.39, 0.29) is 0 Å². The molecular formula is C15H30N2. The Hall–Kier alpha value is -0.0800. The molecule has 1 N–H and O–H groups in total. The van der Waals surface area contributed by atoms with Crippen LogP contribution in [0, 0.1) is 17.3 Å². The number of rotatable bonds is 4. The van der Waals surface area contributed by atoms with Crippen LogP contribution in [-0.4, -0.2) is 37.6 Å². The van der Waals surface area contributed by atoms with Crippen molar-refractivity contribution in [2.24, 2.45) is 17.3 Å². The highest BCUT2D eigenvalue weighted by Crippen LogP contribution is 2.37. The molecule has 0 aromatic rings. The van der Waals surface area contributed by atoms with Gasteiger partial charge in [-0.05, 0) is 37.1 Å². The van der Waals surface area contributed by atoms with Crippen LogP contribution >= 0.6 is 0 Å². The Bertz CT molecular complexity index is 238. The molecule has 0 aromatic carbocycles. The zero-order valence-electron chi connectivity index (χ0n) is 12.1. The molecule has 0 spiro atoms. The lowest BCUT2D eigenvalue weighted by Crippen LogP contribution is -2.49. The van der Waals surface area contributed by atoms with Gasteiger partial charge < -0.3 is 10.2 Å². The predicted octanol–water partition coefficient (Wildman–Crippen LogP) is 2.74. The van der Waals surface area contributed by atoms with Gasteiger partial charge >= 0.3 is 0 Å². The summed E-state index contributed by atoms with van der Waals surface area (Å²) in [7, 11) is 2.28. The lowest BCUT2D eigenvalue weighted by molar-refractivity contribution is 0.152. The van der Waals surface area contributed by atoms with E-state index in [1.54, 1.807) is 0 Å². The lowest BCUT2D eigenvalue weighted by Gasteiger charge is -2.37. The number of hydrogen-bond donors (Lipinski definition) is 1. The fourth-order valence-electron chi connectivity index (χ4n) is 3.04. The standard InChI is InChI=1S/C15H30N2/c1-15(2,3)11-16-14-8-13(7-12-5-6-12)9-17(4)10-14/h12-14,16H,5-11H2,1-4H3. The van der Waals surface area contributed by atoms with Crippen molar-refractivity contribution in [1.82, 2.24) is 10.2 Å². The monoisotopic (exact) mass is 238 g/mol. The van der Waals surface area contributed by atoms with Gasteiger partial charge in [-0.3, -0.25) is 0 Å². The zero-order valence-corrected chi connectivity index (χ0v) is 12.1. The zero-order chi connectivity index (χ0) is 12.5. The van der Waals surface area contributed by atoms with E-state index >= 15 is 0 Å². The predicted molar refractivity (Wildman–Crippen MR) is 74.2 cm³/mol. The van der Waals surface area contributed by atoms with Crippen molar-refractivity contribution in [2.45, 2.75) is 52.5 Å². The van der Waals surface area contributed by atoms with Crippen LogP contribution in [0.1, 0.15) is 46.5 Å². The van der Waals surface area contributed by atoms with E-state index in [1.807, 2.05) is 0 Å². The quantitative estimate of drug-likeness (QED) is 0.810. The third-order valence-electron chi connectivity index (χ3n) is 4.00. The van der Waals surface area contributed by atoms with E-state index < -0.39 is 0 Å². The molecule has 1 aliphatic heterocycles. The maximum Gasteiger partial charge on any atom is 0.0198 e. The molecule has 0 bridgehead atoms. The van der Waals surface area contributed by atoms with Crippen molar-refractivity contribution in [2.75, 3.05) is 26.7 Å². The summed E-state index contributed by atoms with van der Waals surface area (Å²) in [6.07, 6.45) is 5.88. The van der Waals surface area contributed by atoms with Crippen molar-refractivity contribution >= 4 is 0 Å². The van der Waals surface area contributed by atoms with Crippen LogP contribution in [-0.2, 0) is 0 Å². The molecule has 2 atom stereocenters. The van der Waals surface area contributed by atoms with Crippen molar-refractivity contribution in [3.63, 3.8) is 0 Å². The lowest BCUT2D eigenvalue weighted by atomic mass is 9.89. The molecule has 2 rings (SSSR count). The Kier molecular flexibility index (Phi) is 4.14. The third-order valence-corrected chi connectivity index (χ3v) is 4.00. The second kappa shape index (κ2) is 5.27. The van der Waals surface area contributed by atoms with Crippen LogP contribution in [0.15, 0.2) is 0 Å². The Morgan fingerprint density at radius 1 is 1.12 bits per heavy atom. The summed E-state index contributed by atoms with van der Waals surface area (Å²) in [6.45, 7) is 10.6. The Balaban J connectivity index is 1.76. The minimum absolute atomic E-state index is 0.405. The molecule has 2 aliphatic rings. The van der Waals surface area contributed by atoms with Crippen LogP contribution in [0.3, 0.4) is 0 Å². The summed E-state index contributed by atoms with van der Waals surface area (Å²) in [4.78, 5) is 2.52.